The highest BCUT2D eigenvalue weighted by Gasteiger charge is 2.21. The Hall–Kier alpha value is -2.12. The molecule has 2 aromatic carbocycles. The minimum absolute atomic E-state index is 0.668. The maximum Gasteiger partial charge on any atom is 0.0721 e. The summed E-state index contributed by atoms with van der Waals surface area (Å²) in [5, 5.41) is 0. The van der Waals surface area contributed by atoms with Crippen LogP contribution in [0.5, 0.6) is 0 Å². The molecule has 0 spiro atoms. The Balaban J connectivity index is 1.51. The van der Waals surface area contributed by atoms with Crippen LogP contribution in [0.2, 0.25) is 0 Å². The summed E-state index contributed by atoms with van der Waals surface area (Å²) < 4.78 is 5.63. The first-order chi connectivity index (χ1) is 14.3. The number of allylic oxidation sites excluding steroid dienone is 3. The van der Waals surface area contributed by atoms with Crippen LogP contribution in [0.15, 0.2) is 72.8 Å². The smallest absolute Gasteiger partial charge is 0.0721 e. The summed E-state index contributed by atoms with van der Waals surface area (Å²) in [7, 11) is 0. The van der Waals surface area contributed by atoms with E-state index in [1.807, 2.05) is 19.1 Å². The molecular formula is C28H36O. The van der Waals surface area contributed by atoms with Gasteiger partial charge in [-0.05, 0) is 86.5 Å². The average molecular weight is 389 g/mol. The van der Waals surface area contributed by atoms with E-state index in [2.05, 4.69) is 67.6 Å². The van der Waals surface area contributed by atoms with E-state index >= 15 is 0 Å². The van der Waals surface area contributed by atoms with Crippen molar-refractivity contribution in [1.29, 1.82) is 0 Å². The number of ether oxygens (including phenoxy) is 1. The van der Waals surface area contributed by atoms with E-state index in [1.165, 1.54) is 60.8 Å². The summed E-state index contributed by atoms with van der Waals surface area (Å²) in [5.74, 6) is 1.68. The van der Waals surface area contributed by atoms with Gasteiger partial charge in [-0.25, -0.2) is 0 Å². The fraction of sp³-hybridized carbons (Fsp3) is 0.429. The standard InChI is InChI=1S/C28H36O/c1-3-5-7-8-23-9-13-25(14-10-23)27-17-19-28(20-18-27)26-15-11-24(12-16-26)22-29-21-6-4-2/h3-6,11-12,15-20,23,25H,7-10,13-14,21-22H2,1-2H3/b5-3+,6-4+/t23-,25-. The molecule has 1 aliphatic rings. The first-order valence-corrected chi connectivity index (χ1v) is 11.3. The van der Waals surface area contributed by atoms with Crippen LogP contribution in [-0.4, -0.2) is 6.61 Å². The fourth-order valence-corrected chi connectivity index (χ4v) is 4.37. The van der Waals surface area contributed by atoms with Gasteiger partial charge in [0, 0.05) is 0 Å². The highest BCUT2D eigenvalue weighted by atomic mass is 16.5. The van der Waals surface area contributed by atoms with E-state index in [4.69, 9.17) is 4.74 Å². The van der Waals surface area contributed by atoms with E-state index in [-0.39, 0.29) is 0 Å². The quantitative estimate of drug-likeness (QED) is 0.311. The molecule has 1 saturated carbocycles. The third-order valence-corrected chi connectivity index (χ3v) is 6.21. The van der Waals surface area contributed by atoms with E-state index < -0.39 is 0 Å². The average Bonchev–Trinajstić information content (AvgIpc) is 2.78. The lowest BCUT2D eigenvalue weighted by Gasteiger charge is -2.28. The largest absolute Gasteiger partial charge is 0.373 e. The van der Waals surface area contributed by atoms with Crippen molar-refractivity contribution in [2.45, 2.75) is 64.9 Å². The maximum atomic E-state index is 5.63. The van der Waals surface area contributed by atoms with Gasteiger partial charge in [0.2, 0.25) is 0 Å². The maximum absolute atomic E-state index is 5.63. The second-order valence-electron chi connectivity index (χ2n) is 8.27. The van der Waals surface area contributed by atoms with Gasteiger partial charge in [0.1, 0.15) is 0 Å². The highest BCUT2D eigenvalue weighted by molar-refractivity contribution is 5.64. The van der Waals surface area contributed by atoms with Crippen LogP contribution >= 0.6 is 0 Å². The molecule has 1 nitrogen and oxygen atoms in total. The molecule has 29 heavy (non-hydrogen) atoms. The minimum Gasteiger partial charge on any atom is -0.373 e. The molecule has 2 aromatic rings. The Bertz CT molecular complexity index is 759. The molecule has 3 rings (SSSR count). The van der Waals surface area contributed by atoms with Gasteiger partial charge in [-0.2, -0.15) is 0 Å². The molecular weight excluding hydrogens is 352 g/mol. The van der Waals surface area contributed by atoms with Gasteiger partial charge in [0.15, 0.2) is 0 Å². The minimum atomic E-state index is 0.668. The van der Waals surface area contributed by atoms with Crippen LogP contribution in [0, 0.1) is 5.92 Å². The molecule has 0 heterocycles. The molecule has 0 N–H and O–H groups in total. The highest BCUT2D eigenvalue weighted by Crippen LogP contribution is 2.38. The SMILES string of the molecule is C/C=C/CC[C@H]1CC[C@H](c2ccc(-c3ccc(COC/C=C/C)cc3)cc2)CC1. The summed E-state index contributed by atoms with van der Waals surface area (Å²) in [6.45, 7) is 5.48. The number of hydrogen-bond donors (Lipinski definition) is 0. The Morgan fingerprint density at radius 1 is 0.793 bits per heavy atom. The van der Waals surface area contributed by atoms with Crippen LogP contribution in [0.4, 0.5) is 0 Å². The van der Waals surface area contributed by atoms with E-state index in [1.54, 1.807) is 0 Å². The van der Waals surface area contributed by atoms with Gasteiger partial charge in [-0.15, -0.1) is 0 Å². The van der Waals surface area contributed by atoms with E-state index in [9.17, 15) is 0 Å². The molecule has 154 valence electrons. The van der Waals surface area contributed by atoms with Crippen molar-refractivity contribution in [3.8, 4) is 11.1 Å². The number of benzene rings is 2. The van der Waals surface area contributed by atoms with Gasteiger partial charge < -0.3 is 4.74 Å². The Kier molecular flexibility index (Phi) is 8.77. The van der Waals surface area contributed by atoms with Crippen LogP contribution < -0.4 is 0 Å². The second kappa shape index (κ2) is 11.8. The summed E-state index contributed by atoms with van der Waals surface area (Å²) in [5.41, 5.74) is 5.33. The van der Waals surface area contributed by atoms with Gasteiger partial charge in [0.05, 0.1) is 13.2 Å². The predicted octanol–water partition coefficient (Wildman–Crippen LogP) is 8.08. The zero-order chi connectivity index (χ0) is 20.3. The van der Waals surface area contributed by atoms with Gasteiger partial charge in [0.25, 0.3) is 0 Å². The molecule has 0 unspecified atom stereocenters. The molecule has 1 aliphatic carbocycles. The monoisotopic (exact) mass is 388 g/mol. The third kappa shape index (κ3) is 6.72. The van der Waals surface area contributed by atoms with Crippen molar-refractivity contribution in [3.05, 3.63) is 84.0 Å². The van der Waals surface area contributed by atoms with Crippen molar-refractivity contribution >= 4 is 0 Å². The molecule has 0 radical (unpaired) electrons. The lowest BCUT2D eigenvalue weighted by atomic mass is 9.77. The van der Waals surface area contributed by atoms with Crippen LogP contribution in [0.25, 0.3) is 11.1 Å². The molecule has 0 saturated heterocycles. The lowest BCUT2D eigenvalue weighted by molar-refractivity contribution is 0.148. The van der Waals surface area contributed by atoms with Gasteiger partial charge >= 0.3 is 0 Å². The first-order valence-electron chi connectivity index (χ1n) is 11.3. The number of rotatable bonds is 9. The van der Waals surface area contributed by atoms with E-state index in [0.29, 0.717) is 13.2 Å². The normalized spacial score (nSPS) is 19.9. The van der Waals surface area contributed by atoms with E-state index in [0.717, 1.165) is 11.8 Å². The Labute approximate surface area is 177 Å². The van der Waals surface area contributed by atoms with Crippen molar-refractivity contribution in [2.75, 3.05) is 6.61 Å². The molecule has 0 aliphatic heterocycles. The second-order valence-corrected chi connectivity index (χ2v) is 8.27. The van der Waals surface area contributed by atoms with Crippen molar-refractivity contribution in [1.82, 2.24) is 0 Å². The summed E-state index contributed by atoms with van der Waals surface area (Å²) in [4.78, 5) is 0. The molecule has 1 fully saturated rings. The van der Waals surface area contributed by atoms with Crippen molar-refractivity contribution in [2.24, 2.45) is 5.92 Å². The zero-order valence-electron chi connectivity index (χ0n) is 18.1. The van der Waals surface area contributed by atoms with Crippen molar-refractivity contribution in [3.63, 3.8) is 0 Å². The Morgan fingerprint density at radius 3 is 2.03 bits per heavy atom. The van der Waals surface area contributed by atoms with Crippen molar-refractivity contribution < 1.29 is 4.74 Å². The molecule has 0 aromatic heterocycles. The van der Waals surface area contributed by atoms with Gasteiger partial charge in [-0.1, -0.05) is 72.8 Å². The topological polar surface area (TPSA) is 9.23 Å². The van der Waals surface area contributed by atoms with Crippen LogP contribution in [0.3, 0.4) is 0 Å². The third-order valence-electron chi connectivity index (χ3n) is 6.21. The molecule has 0 amide bonds. The van der Waals surface area contributed by atoms with Crippen LogP contribution in [-0.2, 0) is 11.3 Å². The fourth-order valence-electron chi connectivity index (χ4n) is 4.37. The summed E-state index contributed by atoms with van der Waals surface area (Å²) in [6.07, 6.45) is 16.6. The number of hydrogen-bond acceptors (Lipinski definition) is 1. The molecule has 0 atom stereocenters. The predicted molar refractivity (Wildman–Crippen MR) is 125 cm³/mol. The molecule has 1 heteroatoms. The van der Waals surface area contributed by atoms with Gasteiger partial charge in [-0.3, -0.25) is 0 Å². The summed E-state index contributed by atoms with van der Waals surface area (Å²) >= 11 is 0. The zero-order valence-corrected chi connectivity index (χ0v) is 18.1. The lowest BCUT2D eigenvalue weighted by Crippen LogP contribution is -2.13. The Morgan fingerprint density at radius 2 is 1.41 bits per heavy atom. The van der Waals surface area contributed by atoms with Crippen LogP contribution in [0.1, 0.15) is 69.4 Å². The molecule has 0 bridgehead atoms. The first kappa shape index (κ1) is 21.6. The summed E-state index contributed by atoms with van der Waals surface area (Å²) in [6, 6.07) is 18.1.